The summed E-state index contributed by atoms with van der Waals surface area (Å²) in [6, 6.07) is 0. The van der Waals surface area contributed by atoms with Gasteiger partial charge in [0, 0.05) is 5.92 Å². The molecule has 0 aromatic carbocycles. The molecule has 3 aromatic heterocycles. The van der Waals surface area contributed by atoms with Gasteiger partial charge in [-0.05, 0) is 11.8 Å². The summed E-state index contributed by atoms with van der Waals surface area (Å²) < 4.78 is 38.2. The Labute approximate surface area is 233 Å². The summed E-state index contributed by atoms with van der Waals surface area (Å²) in [7, 11) is -5.45. The van der Waals surface area contributed by atoms with Crippen LogP contribution in [0.15, 0.2) is 17.1 Å². The van der Waals surface area contributed by atoms with E-state index in [2.05, 4.69) is 35.6 Å². The van der Waals surface area contributed by atoms with Gasteiger partial charge >= 0.3 is 14.5 Å². The van der Waals surface area contributed by atoms with Crippen molar-refractivity contribution < 1.29 is 72.6 Å². The highest BCUT2D eigenvalue weighted by Gasteiger charge is 2.46. The first-order valence-electron chi connectivity index (χ1n) is 11.3. The topological polar surface area (TPSA) is 319 Å². The van der Waals surface area contributed by atoms with Crippen LogP contribution in [0.5, 0.6) is 11.5 Å². The van der Waals surface area contributed by atoms with E-state index < -0.39 is 94.1 Å². The van der Waals surface area contributed by atoms with Crippen LogP contribution < -0.4 is 5.73 Å². The molecule has 8 atom stereocenters. The summed E-state index contributed by atoms with van der Waals surface area (Å²) >= 11 is 4.69. The Morgan fingerprint density at radius 2 is 1.85 bits per heavy atom. The molecule has 20 nitrogen and oxygen atoms in total. The maximum absolute atomic E-state index is 12.5. The standard InChI is InChI=1S/C18H25N5O15P2S/c19-15-9-16(21-4-20-15)23(5-22-9)17-13(29)11(27)8(36-17)3-35-40(33,41)38-39(31,32)37-18-14(30)12(28)10(26)6(2-34-18)7(25)1-24/h4-7,10,12,14,18,24-30H,1-3H2,(H,31,32)(H,33,41)(H2,19,20,21)/t6?,7-,10-,12?,14?,18+,40?/m1/s1. The summed E-state index contributed by atoms with van der Waals surface area (Å²) in [4.78, 5) is 32.1. The molecule has 5 unspecified atom stereocenters. The number of nitrogens with two attached hydrogens (primary N) is 1. The summed E-state index contributed by atoms with van der Waals surface area (Å²) in [5.41, 5.74) is 5.97. The van der Waals surface area contributed by atoms with Gasteiger partial charge in [0.1, 0.15) is 31.5 Å². The second kappa shape index (κ2) is 12.1. The van der Waals surface area contributed by atoms with Crippen molar-refractivity contribution in [1.82, 2.24) is 19.5 Å². The number of fused-ring (bicyclic) bond motifs is 1. The Balaban J connectivity index is 1.44. The lowest BCUT2D eigenvalue weighted by Gasteiger charge is -2.28. The third kappa shape index (κ3) is 6.69. The van der Waals surface area contributed by atoms with Crippen molar-refractivity contribution >= 4 is 43.3 Å². The number of hydrogen-bond donors (Lipinski definition) is 10. The molecule has 3 aromatic rings. The number of hydrogen-bond acceptors (Lipinski definition) is 18. The smallest absolute Gasteiger partial charge is 0.481 e. The number of phosphoric ester groups is 1. The fourth-order valence-corrected chi connectivity index (χ4v) is 6.77. The molecule has 1 aliphatic rings. The minimum Gasteiger partial charge on any atom is -0.502 e. The number of ether oxygens (including phenoxy) is 1. The quantitative estimate of drug-likeness (QED) is 0.103. The largest absolute Gasteiger partial charge is 0.502 e. The normalized spacial score (nSPS) is 27.2. The molecule has 0 saturated carbocycles. The minimum atomic E-state index is -5.45. The number of nitrogen functional groups attached to an aromatic ring is 1. The Bertz CT molecular complexity index is 1490. The molecule has 11 N–H and O–H groups in total. The van der Waals surface area contributed by atoms with Crippen LogP contribution in [-0.2, 0) is 41.1 Å². The highest BCUT2D eigenvalue weighted by atomic mass is 32.5. The number of furan rings is 1. The van der Waals surface area contributed by atoms with Crippen molar-refractivity contribution in [3.63, 3.8) is 0 Å². The molecule has 1 fully saturated rings. The first-order chi connectivity index (χ1) is 19.2. The summed E-state index contributed by atoms with van der Waals surface area (Å²) in [6.07, 6.45) is -7.52. The molecule has 0 bridgehead atoms. The molecule has 4 rings (SSSR count). The van der Waals surface area contributed by atoms with Crippen molar-refractivity contribution in [3.05, 3.63) is 18.4 Å². The third-order valence-corrected chi connectivity index (χ3v) is 9.34. The van der Waals surface area contributed by atoms with Gasteiger partial charge in [-0.3, -0.25) is 4.52 Å². The molecule has 41 heavy (non-hydrogen) atoms. The van der Waals surface area contributed by atoms with Gasteiger partial charge < -0.3 is 64.9 Å². The molecule has 228 valence electrons. The molecule has 4 heterocycles. The van der Waals surface area contributed by atoms with Crippen molar-refractivity contribution in [2.24, 2.45) is 5.92 Å². The van der Waals surface area contributed by atoms with Crippen LogP contribution in [0.25, 0.3) is 17.0 Å². The lowest BCUT2D eigenvalue weighted by atomic mass is 9.92. The van der Waals surface area contributed by atoms with Crippen molar-refractivity contribution in [1.29, 1.82) is 0 Å². The van der Waals surface area contributed by atoms with Gasteiger partial charge in [-0.2, -0.15) is 0 Å². The molecule has 23 heteroatoms. The first kappa shape index (κ1) is 31.6. The van der Waals surface area contributed by atoms with E-state index in [0.29, 0.717) is 0 Å². The molecule has 1 saturated heterocycles. The second-order valence-corrected chi connectivity index (χ2v) is 12.9. The Morgan fingerprint density at radius 1 is 1.15 bits per heavy atom. The highest BCUT2D eigenvalue weighted by Crippen LogP contribution is 2.62. The van der Waals surface area contributed by atoms with E-state index in [-0.39, 0.29) is 17.0 Å². The average Bonchev–Trinajstić information content (AvgIpc) is 3.43. The predicted molar refractivity (Wildman–Crippen MR) is 134 cm³/mol. The summed E-state index contributed by atoms with van der Waals surface area (Å²) in [6.45, 7) is -7.10. The van der Waals surface area contributed by atoms with Crippen LogP contribution >= 0.6 is 14.5 Å². The van der Waals surface area contributed by atoms with Crippen LogP contribution in [-0.4, -0.2) is 109 Å². The number of aliphatic hydroxyl groups is 5. The van der Waals surface area contributed by atoms with Crippen LogP contribution in [0.2, 0.25) is 0 Å². The van der Waals surface area contributed by atoms with E-state index in [1.165, 1.54) is 0 Å². The molecule has 0 amide bonds. The fourth-order valence-electron chi connectivity index (χ4n) is 3.74. The fraction of sp³-hybridized carbons (Fsp3) is 0.500. The number of aromatic hydroxyl groups is 2. The molecule has 0 spiro atoms. The molecule has 0 radical (unpaired) electrons. The Kier molecular flexibility index (Phi) is 9.34. The van der Waals surface area contributed by atoms with Gasteiger partial charge in [0.15, 0.2) is 29.0 Å². The lowest BCUT2D eigenvalue weighted by Crippen LogP contribution is -2.47. The van der Waals surface area contributed by atoms with Gasteiger partial charge in [-0.1, -0.05) is 0 Å². The van der Waals surface area contributed by atoms with Gasteiger partial charge in [-0.25, -0.2) is 28.4 Å². The number of aliphatic hydroxyl groups excluding tert-OH is 5. The van der Waals surface area contributed by atoms with Gasteiger partial charge in [0.05, 0.1) is 25.4 Å². The maximum Gasteiger partial charge on any atom is 0.481 e. The maximum atomic E-state index is 12.5. The number of nitrogens with zero attached hydrogens (tertiary/aromatic N) is 4. The molecule has 0 aliphatic carbocycles. The van der Waals surface area contributed by atoms with Crippen molar-refractivity contribution in [2.45, 2.75) is 37.3 Å². The third-order valence-electron chi connectivity index (χ3n) is 5.85. The van der Waals surface area contributed by atoms with Crippen LogP contribution in [0.3, 0.4) is 0 Å². The zero-order chi connectivity index (χ0) is 30.3. The van der Waals surface area contributed by atoms with Gasteiger partial charge in [-0.15, -0.1) is 0 Å². The second-order valence-electron chi connectivity index (χ2n) is 8.56. The van der Waals surface area contributed by atoms with E-state index >= 15 is 0 Å². The Morgan fingerprint density at radius 3 is 2.54 bits per heavy atom. The van der Waals surface area contributed by atoms with Crippen molar-refractivity contribution in [3.8, 4) is 17.4 Å². The number of aromatic nitrogens is 4. The number of rotatable bonds is 10. The SMILES string of the molecule is Nc1ncnc2c1ncn2-c1oc(COP(O)(=S)OP(=O)(O)O[C@@H]2OCC([C@H](O)CO)[C@@H](O)C(O)C2O)c(O)c1O. The number of imidazole rings is 1. The van der Waals surface area contributed by atoms with Crippen LogP contribution in [0.1, 0.15) is 5.76 Å². The van der Waals surface area contributed by atoms with E-state index in [1.807, 2.05) is 0 Å². The predicted octanol–water partition coefficient (Wildman–Crippen LogP) is -2.32. The van der Waals surface area contributed by atoms with E-state index in [1.54, 1.807) is 0 Å². The molecular formula is C18H25N5O15P2S. The van der Waals surface area contributed by atoms with E-state index in [4.69, 9.17) is 24.5 Å². The summed E-state index contributed by atoms with van der Waals surface area (Å²) in [5.74, 6) is -3.87. The highest BCUT2D eigenvalue weighted by molar-refractivity contribution is 8.08. The van der Waals surface area contributed by atoms with Crippen LogP contribution in [0.4, 0.5) is 5.82 Å². The number of phosphoric acid groups is 1. The number of anilines is 1. The molecular weight excluding hydrogens is 620 g/mol. The lowest BCUT2D eigenvalue weighted by molar-refractivity contribution is -0.173. The van der Waals surface area contributed by atoms with Crippen LogP contribution in [0, 0.1) is 5.92 Å². The zero-order valence-corrected chi connectivity index (χ0v) is 23.0. The zero-order valence-electron chi connectivity index (χ0n) is 20.4. The van der Waals surface area contributed by atoms with Crippen molar-refractivity contribution in [2.75, 3.05) is 18.9 Å². The average molecular weight is 645 g/mol. The monoisotopic (exact) mass is 645 g/mol. The minimum absolute atomic E-state index is 0.0244. The molecule has 1 aliphatic heterocycles. The Hall–Kier alpha value is -2.33. The van der Waals surface area contributed by atoms with Gasteiger partial charge in [0.2, 0.25) is 11.5 Å². The summed E-state index contributed by atoms with van der Waals surface area (Å²) in [5, 5.41) is 69.9. The van der Waals surface area contributed by atoms with E-state index in [9.17, 15) is 45.0 Å². The van der Waals surface area contributed by atoms with E-state index in [0.717, 1.165) is 17.2 Å². The van der Waals surface area contributed by atoms with Gasteiger partial charge in [0.25, 0.3) is 5.88 Å². The first-order valence-corrected chi connectivity index (χ1v) is 15.4.